The summed E-state index contributed by atoms with van der Waals surface area (Å²) in [5.41, 5.74) is 1.02. The van der Waals surface area contributed by atoms with Crippen LogP contribution in [0.5, 0.6) is 6.01 Å². The molecule has 0 saturated carbocycles. The monoisotopic (exact) mass is 112 g/mol. The lowest BCUT2D eigenvalue weighted by Gasteiger charge is -1.87. The molecule has 1 heterocycles. The number of H-pyrrole nitrogens is 1. The Hall–Kier alpha value is -0.990. The van der Waals surface area contributed by atoms with Gasteiger partial charge >= 0.3 is 0 Å². The van der Waals surface area contributed by atoms with Crippen molar-refractivity contribution in [3.63, 3.8) is 0 Å². The molecule has 3 nitrogen and oxygen atoms in total. The van der Waals surface area contributed by atoms with Gasteiger partial charge in [-0.05, 0) is 6.92 Å². The molecule has 0 aliphatic rings. The van der Waals surface area contributed by atoms with Crippen molar-refractivity contribution in [2.24, 2.45) is 0 Å². The second-order valence-corrected chi connectivity index (χ2v) is 1.58. The molecule has 0 aromatic carbocycles. The summed E-state index contributed by atoms with van der Waals surface area (Å²) < 4.78 is 4.77. The topological polar surface area (TPSA) is 37.9 Å². The van der Waals surface area contributed by atoms with Crippen molar-refractivity contribution in [1.29, 1.82) is 0 Å². The fourth-order valence-corrected chi connectivity index (χ4v) is 0.492. The van der Waals surface area contributed by atoms with Gasteiger partial charge in [0.15, 0.2) is 0 Å². The van der Waals surface area contributed by atoms with E-state index >= 15 is 0 Å². The van der Waals surface area contributed by atoms with E-state index in [1.165, 1.54) is 0 Å². The number of nitrogens with zero attached hydrogens (tertiary/aromatic N) is 1. The lowest BCUT2D eigenvalue weighted by atomic mass is 10.6. The van der Waals surface area contributed by atoms with Crippen molar-refractivity contribution in [3.05, 3.63) is 11.9 Å². The molecular formula is C5H8N2O. The Morgan fingerprint density at radius 2 is 2.50 bits per heavy atom. The normalized spacial score (nSPS) is 9.25. The average molecular weight is 112 g/mol. The minimum Gasteiger partial charge on any atom is -0.468 e. The van der Waals surface area contributed by atoms with E-state index < -0.39 is 0 Å². The Morgan fingerprint density at radius 1 is 1.75 bits per heavy atom. The van der Waals surface area contributed by atoms with Gasteiger partial charge in [-0.25, -0.2) is 4.98 Å². The molecule has 0 unspecified atom stereocenters. The van der Waals surface area contributed by atoms with Crippen molar-refractivity contribution in [2.45, 2.75) is 6.92 Å². The van der Waals surface area contributed by atoms with Crippen LogP contribution in [-0.4, -0.2) is 17.1 Å². The third-order valence-corrected chi connectivity index (χ3v) is 0.873. The summed E-state index contributed by atoms with van der Waals surface area (Å²) >= 11 is 0. The maximum absolute atomic E-state index is 4.77. The molecular weight excluding hydrogens is 104 g/mol. The van der Waals surface area contributed by atoms with Crippen LogP contribution in [0, 0.1) is 6.92 Å². The van der Waals surface area contributed by atoms with Gasteiger partial charge in [0.1, 0.15) is 0 Å². The Bertz CT molecular complexity index is 171. The van der Waals surface area contributed by atoms with E-state index in [4.69, 9.17) is 4.74 Å². The molecule has 0 amide bonds. The number of aromatic nitrogens is 2. The zero-order valence-corrected chi connectivity index (χ0v) is 4.93. The second kappa shape index (κ2) is 1.86. The molecule has 44 valence electrons. The number of methoxy groups -OCH3 is 1. The molecule has 3 heteroatoms. The highest BCUT2D eigenvalue weighted by Crippen LogP contribution is 2.00. The molecule has 1 aromatic heterocycles. The number of imidazole rings is 1. The highest BCUT2D eigenvalue weighted by Gasteiger charge is 1.90. The van der Waals surface area contributed by atoms with Gasteiger partial charge in [0.2, 0.25) is 0 Å². The minimum atomic E-state index is 0.572. The van der Waals surface area contributed by atoms with Gasteiger partial charge in [0.05, 0.1) is 13.3 Å². The van der Waals surface area contributed by atoms with Gasteiger partial charge in [0, 0.05) is 5.69 Å². The molecule has 0 atom stereocenters. The van der Waals surface area contributed by atoms with E-state index in [1.807, 2.05) is 6.92 Å². The number of hydrogen-bond donors (Lipinski definition) is 1. The maximum atomic E-state index is 4.77. The Balaban J connectivity index is 2.84. The minimum absolute atomic E-state index is 0.572. The highest BCUT2D eigenvalue weighted by atomic mass is 16.5. The van der Waals surface area contributed by atoms with Crippen LogP contribution in [0.3, 0.4) is 0 Å². The smallest absolute Gasteiger partial charge is 0.293 e. The summed E-state index contributed by atoms with van der Waals surface area (Å²) in [7, 11) is 1.58. The molecule has 8 heavy (non-hydrogen) atoms. The molecule has 0 bridgehead atoms. The maximum Gasteiger partial charge on any atom is 0.293 e. The van der Waals surface area contributed by atoms with Crippen LogP contribution >= 0.6 is 0 Å². The molecule has 0 radical (unpaired) electrons. The predicted octanol–water partition coefficient (Wildman–Crippen LogP) is 0.727. The molecule has 0 saturated heterocycles. The van der Waals surface area contributed by atoms with Gasteiger partial charge in [-0.1, -0.05) is 0 Å². The van der Waals surface area contributed by atoms with Gasteiger partial charge < -0.3 is 9.72 Å². The summed E-state index contributed by atoms with van der Waals surface area (Å²) in [6.45, 7) is 1.93. The highest BCUT2D eigenvalue weighted by molar-refractivity contribution is 5.01. The van der Waals surface area contributed by atoms with Crippen molar-refractivity contribution >= 4 is 0 Å². The number of rotatable bonds is 1. The zero-order valence-electron chi connectivity index (χ0n) is 4.93. The Kier molecular flexibility index (Phi) is 1.20. The van der Waals surface area contributed by atoms with Crippen LogP contribution in [0.2, 0.25) is 0 Å². The lowest BCUT2D eigenvalue weighted by Crippen LogP contribution is -1.82. The molecule has 0 spiro atoms. The van der Waals surface area contributed by atoms with E-state index in [-0.39, 0.29) is 0 Å². The van der Waals surface area contributed by atoms with Crippen LogP contribution in [-0.2, 0) is 0 Å². The predicted molar refractivity (Wildman–Crippen MR) is 29.9 cm³/mol. The fourth-order valence-electron chi connectivity index (χ4n) is 0.492. The summed E-state index contributed by atoms with van der Waals surface area (Å²) in [4.78, 5) is 6.75. The first-order valence-electron chi connectivity index (χ1n) is 2.38. The van der Waals surface area contributed by atoms with Crippen LogP contribution in [0.1, 0.15) is 5.69 Å². The fraction of sp³-hybridized carbons (Fsp3) is 0.400. The summed E-state index contributed by atoms with van der Waals surface area (Å²) in [6.07, 6.45) is 1.72. The van der Waals surface area contributed by atoms with E-state index in [1.54, 1.807) is 13.3 Å². The van der Waals surface area contributed by atoms with E-state index in [0.29, 0.717) is 6.01 Å². The summed E-state index contributed by atoms with van der Waals surface area (Å²) in [5, 5.41) is 0. The third kappa shape index (κ3) is 0.804. The van der Waals surface area contributed by atoms with Crippen molar-refractivity contribution in [2.75, 3.05) is 7.11 Å². The number of ether oxygens (including phenoxy) is 1. The molecule has 1 aromatic rings. The number of aromatic amines is 1. The molecule has 1 N–H and O–H groups in total. The second-order valence-electron chi connectivity index (χ2n) is 1.58. The van der Waals surface area contributed by atoms with E-state index in [2.05, 4.69) is 9.97 Å². The van der Waals surface area contributed by atoms with Crippen molar-refractivity contribution in [3.8, 4) is 6.01 Å². The number of aryl methyl sites for hydroxylation is 1. The summed E-state index contributed by atoms with van der Waals surface area (Å²) in [5.74, 6) is 0. The first kappa shape index (κ1) is 5.15. The first-order valence-corrected chi connectivity index (χ1v) is 2.38. The third-order valence-electron chi connectivity index (χ3n) is 0.873. The largest absolute Gasteiger partial charge is 0.468 e. The molecule has 0 aliphatic carbocycles. The van der Waals surface area contributed by atoms with Gasteiger partial charge in [-0.3, -0.25) is 0 Å². The molecule has 0 fully saturated rings. The van der Waals surface area contributed by atoms with Crippen molar-refractivity contribution in [1.82, 2.24) is 9.97 Å². The lowest BCUT2D eigenvalue weighted by molar-refractivity contribution is 0.384. The van der Waals surface area contributed by atoms with Gasteiger partial charge in [-0.15, -0.1) is 0 Å². The first-order chi connectivity index (χ1) is 3.83. The summed E-state index contributed by atoms with van der Waals surface area (Å²) in [6, 6.07) is 0.572. The quantitative estimate of drug-likeness (QED) is 0.581. The standard InChI is InChI=1S/C5H8N2O/c1-4-3-6-5(7-4)8-2/h3H,1-2H3,(H,6,7). The Morgan fingerprint density at radius 3 is 2.75 bits per heavy atom. The Labute approximate surface area is 47.7 Å². The number of hydrogen-bond acceptors (Lipinski definition) is 2. The van der Waals surface area contributed by atoms with E-state index in [9.17, 15) is 0 Å². The van der Waals surface area contributed by atoms with Gasteiger partial charge in [0.25, 0.3) is 6.01 Å². The average Bonchev–Trinajstić information content (AvgIpc) is 2.14. The van der Waals surface area contributed by atoms with Crippen LogP contribution in [0.15, 0.2) is 6.20 Å². The van der Waals surface area contributed by atoms with E-state index in [0.717, 1.165) is 5.69 Å². The van der Waals surface area contributed by atoms with Gasteiger partial charge in [-0.2, -0.15) is 0 Å². The van der Waals surface area contributed by atoms with Crippen LogP contribution in [0.25, 0.3) is 0 Å². The van der Waals surface area contributed by atoms with Crippen LogP contribution in [0.4, 0.5) is 0 Å². The molecule has 0 aliphatic heterocycles. The zero-order chi connectivity index (χ0) is 5.98. The number of nitrogens with one attached hydrogen (secondary N) is 1. The van der Waals surface area contributed by atoms with Crippen molar-refractivity contribution < 1.29 is 4.74 Å². The SMILES string of the molecule is COc1ncc(C)[nH]1. The van der Waals surface area contributed by atoms with Crippen LogP contribution < -0.4 is 4.74 Å². The molecule has 1 rings (SSSR count).